The van der Waals surface area contributed by atoms with Crippen molar-refractivity contribution in [3.05, 3.63) is 144 Å². The number of phenolic OH excluding ortho intramolecular Hbond substituents is 1. The average Bonchev–Trinajstić information content (AvgIpc) is 3.43. The molecule has 0 aromatic heterocycles. The van der Waals surface area contributed by atoms with Crippen molar-refractivity contribution in [1.82, 2.24) is 9.55 Å². The number of fused-ring (bicyclic) bond motifs is 6. The van der Waals surface area contributed by atoms with Gasteiger partial charge in [0.2, 0.25) is 17.2 Å². The number of nitrogens with two attached hydrogens (primary N) is 1. The molecule has 0 saturated carbocycles. The molecule has 9 rings (SSSR count). The maximum Gasteiger partial charge on any atom is 0.295 e. The summed E-state index contributed by atoms with van der Waals surface area (Å²) in [6.07, 6.45) is 0. The number of carbonyl (C=O) groups excluding carboxylic acids is 2. The second kappa shape index (κ2) is 26.8. The standard InChI is InChI=1S/C24H26N4O2.C12H21N3.C12H11NO2.C10H8O6S2.CH4/c1-5-27(6-2)16-12-13-19-20(14-16)28(7-3)23-21(26-19)17-10-8-9-11-18(17)24(30)22(23)25-15(4)29;1-4-14-12-9-10(7-8-11(12)13)15(5-2)6-3;1-8(14)13-11-7-6-9-4-2-3-5-10(9)12(11)15;11-17(12,13)9-5-1-3-7-8(9)4-2-6-10(7)18(14,15)16;/h8-14H,5-7H2,1-4H3,(H,25,29);7-9,14H,4-6,13H2,1-3H3;2-7,15H,1H3,(H,13,14);1-6H,(H,11,12,13)(H,14,15,16);1H4. The highest BCUT2D eigenvalue weighted by Crippen LogP contribution is 2.37. The predicted octanol–water partition coefficient (Wildman–Crippen LogP) is 11.5. The van der Waals surface area contributed by atoms with E-state index in [0.717, 1.165) is 94.8 Å². The summed E-state index contributed by atoms with van der Waals surface area (Å²) in [6, 6.07) is 38.4. The molecular weight excluding hydrogens is 1040 g/mol. The minimum atomic E-state index is -4.47. The Kier molecular flexibility index (Phi) is 20.9. The van der Waals surface area contributed by atoms with Gasteiger partial charge in [-0.2, -0.15) is 16.8 Å². The summed E-state index contributed by atoms with van der Waals surface area (Å²) >= 11 is 0. The summed E-state index contributed by atoms with van der Waals surface area (Å²) < 4.78 is 64.8. The molecule has 0 fully saturated rings. The topological polar surface area (TPSA) is 267 Å². The van der Waals surface area contributed by atoms with Gasteiger partial charge in [-0.3, -0.25) is 23.5 Å². The average molecular weight is 1120 g/mol. The number of nitrogens with one attached hydrogen (secondary N) is 3. The maximum absolute atomic E-state index is 13.3. The first kappa shape index (κ1) is 61.6. The van der Waals surface area contributed by atoms with Crippen molar-refractivity contribution >= 4 is 110 Å². The van der Waals surface area contributed by atoms with Gasteiger partial charge in [-0.15, -0.1) is 0 Å². The Bertz CT molecular complexity index is 3830. The number of aromatic nitrogens is 2. The smallest absolute Gasteiger partial charge is 0.295 e. The lowest BCUT2D eigenvalue weighted by molar-refractivity contribution is -0.115. The molecule has 79 heavy (non-hydrogen) atoms. The van der Waals surface area contributed by atoms with Crippen LogP contribution in [0, 0.1) is 0 Å². The molecule has 7 aromatic rings. The van der Waals surface area contributed by atoms with Gasteiger partial charge in [0.05, 0.1) is 39.5 Å². The van der Waals surface area contributed by atoms with Gasteiger partial charge in [0.15, 0.2) is 0 Å². The lowest BCUT2D eigenvalue weighted by atomic mass is 10.0. The van der Waals surface area contributed by atoms with Crippen molar-refractivity contribution in [2.45, 2.75) is 79.2 Å². The number of aryl methyl sites for hydroxylation is 1. The molecule has 0 atom stereocenters. The molecule has 0 radical (unpaired) electrons. The molecule has 418 valence electrons. The quantitative estimate of drug-likeness (QED) is 0.0186. The van der Waals surface area contributed by atoms with Crippen LogP contribution in [-0.4, -0.2) is 85.1 Å². The van der Waals surface area contributed by atoms with Crippen molar-refractivity contribution < 1.29 is 40.6 Å². The zero-order chi connectivity index (χ0) is 57.1. The minimum Gasteiger partial charge on any atom is -0.505 e. The minimum absolute atomic E-state index is 0. The van der Waals surface area contributed by atoms with Crippen LogP contribution in [0.2, 0.25) is 0 Å². The van der Waals surface area contributed by atoms with E-state index in [9.17, 15) is 36.3 Å². The molecule has 18 nitrogen and oxygen atoms in total. The molecule has 0 saturated heterocycles. The second-order valence-corrected chi connectivity index (χ2v) is 20.5. The van der Waals surface area contributed by atoms with E-state index in [2.05, 4.69) is 89.2 Å². The van der Waals surface area contributed by atoms with Crippen molar-refractivity contribution in [3.63, 3.8) is 0 Å². The molecule has 1 aliphatic carbocycles. The fraction of sp³-hybridized carbons (Fsp3) is 0.254. The number of nitrogens with zero attached hydrogens (tertiary/aromatic N) is 4. The number of aromatic hydroxyl groups is 1. The third-order valence-corrected chi connectivity index (χ3v) is 14.6. The predicted molar refractivity (Wildman–Crippen MR) is 322 cm³/mol. The summed E-state index contributed by atoms with van der Waals surface area (Å²) in [5, 5.41) is 21.6. The van der Waals surface area contributed by atoms with Crippen molar-refractivity contribution in [3.8, 4) is 17.1 Å². The highest BCUT2D eigenvalue weighted by atomic mass is 32.2. The summed E-state index contributed by atoms with van der Waals surface area (Å²) in [7, 11) is -8.94. The third kappa shape index (κ3) is 14.3. The lowest BCUT2D eigenvalue weighted by Crippen LogP contribution is -2.23. The van der Waals surface area contributed by atoms with Gasteiger partial charge in [-0.1, -0.05) is 86.3 Å². The molecule has 0 unspecified atom stereocenters. The molecule has 1 heterocycles. The van der Waals surface area contributed by atoms with E-state index in [1.54, 1.807) is 12.1 Å². The fourth-order valence-electron chi connectivity index (χ4n) is 9.14. The Balaban J connectivity index is 0.000000203. The van der Waals surface area contributed by atoms with Crippen LogP contribution in [0.1, 0.15) is 62.8 Å². The van der Waals surface area contributed by atoms with Crippen LogP contribution < -0.4 is 36.9 Å². The van der Waals surface area contributed by atoms with Gasteiger partial charge in [-0.25, -0.2) is 4.98 Å². The fourth-order valence-corrected chi connectivity index (χ4v) is 10.6. The van der Waals surface area contributed by atoms with Gasteiger partial charge in [-0.05, 0) is 102 Å². The third-order valence-electron chi connectivity index (χ3n) is 12.8. The Morgan fingerprint density at radius 2 is 1.11 bits per heavy atom. The largest absolute Gasteiger partial charge is 0.505 e. The molecular formula is C59H70N8O10S2. The highest BCUT2D eigenvalue weighted by molar-refractivity contribution is 7.86. The molecule has 2 amide bonds. The number of benzene rings is 8. The zero-order valence-electron chi connectivity index (χ0n) is 44.8. The summed E-state index contributed by atoms with van der Waals surface area (Å²) in [4.78, 5) is 44.8. The molecule has 0 spiro atoms. The molecule has 1 aliphatic heterocycles. The monoisotopic (exact) mass is 1110 g/mol. The van der Waals surface area contributed by atoms with Crippen LogP contribution in [0.15, 0.2) is 148 Å². The van der Waals surface area contributed by atoms with E-state index in [-0.39, 0.29) is 41.2 Å². The first-order chi connectivity index (χ1) is 37.1. The lowest BCUT2D eigenvalue weighted by Gasteiger charge is -2.25. The van der Waals surface area contributed by atoms with Crippen LogP contribution in [-0.2, 0) is 36.4 Å². The van der Waals surface area contributed by atoms with E-state index in [1.165, 1.54) is 43.8 Å². The van der Waals surface area contributed by atoms with Crippen LogP contribution >= 0.6 is 0 Å². The first-order valence-electron chi connectivity index (χ1n) is 25.4. The summed E-state index contributed by atoms with van der Waals surface area (Å²) in [5.41, 5.74) is 13.8. The Hall–Kier alpha value is -8.30. The Labute approximate surface area is 461 Å². The Morgan fingerprint density at radius 3 is 1.63 bits per heavy atom. The number of rotatable bonds is 13. The van der Waals surface area contributed by atoms with Gasteiger partial charge in [0, 0.05) is 91.4 Å². The van der Waals surface area contributed by atoms with Gasteiger partial charge in [0.25, 0.3) is 20.2 Å². The second-order valence-electron chi connectivity index (χ2n) is 17.7. The van der Waals surface area contributed by atoms with Crippen molar-refractivity contribution in [2.24, 2.45) is 0 Å². The van der Waals surface area contributed by atoms with Crippen LogP contribution in [0.5, 0.6) is 5.75 Å². The molecule has 8 N–H and O–H groups in total. The van der Waals surface area contributed by atoms with Crippen LogP contribution in [0.25, 0.3) is 54.7 Å². The SMILES string of the molecule is C.CC(=O)Nc1ccc2ccccc2c1O.CCN(CC)c1ccc2nc3c4ccccc4c(=O)c(NC(C)=O)c-3n(CC)c2c1.CCNc1cc(N(CC)CC)ccc1N.O=S(=O)(O)c1cccc2c(S(=O)(=O)O)cccc12. The molecule has 7 aromatic carbocycles. The number of hydrogen-bond donors (Lipinski definition) is 7. The maximum atomic E-state index is 13.3. The summed E-state index contributed by atoms with van der Waals surface area (Å²) in [6.45, 7) is 20.9. The summed E-state index contributed by atoms with van der Waals surface area (Å²) in [5.74, 6) is -0.354. The number of nitrogen functional groups attached to an aromatic ring is 1. The van der Waals surface area contributed by atoms with Crippen LogP contribution in [0.3, 0.4) is 0 Å². The molecule has 0 bridgehead atoms. The first-order valence-corrected chi connectivity index (χ1v) is 28.2. The van der Waals surface area contributed by atoms with Gasteiger partial charge in [0.1, 0.15) is 21.2 Å². The number of phenols is 1. The van der Waals surface area contributed by atoms with Crippen molar-refractivity contribution in [2.75, 3.05) is 64.2 Å². The van der Waals surface area contributed by atoms with E-state index < -0.39 is 30.0 Å². The van der Waals surface area contributed by atoms with E-state index >= 15 is 0 Å². The number of anilines is 6. The van der Waals surface area contributed by atoms with Crippen LogP contribution in [0.4, 0.5) is 34.1 Å². The number of amides is 2. The highest BCUT2D eigenvalue weighted by Gasteiger charge is 2.25. The van der Waals surface area contributed by atoms with Gasteiger partial charge < -0.3 is 41.2 Å². The van der Waals surface area contributed by atoms with E-state index in [4.69, 9.17) is 19.8 Å². The normalized spacial score (nSPS) is 11.1. The van der Waals surface area contributed by atoms with E-state index in [0.29, 0.717) is 29.0 Å². The zero-order valence-corrected chi connectivity index (χ0v) is 46.5. The molecule has 2 aliphatic rings. The van der Waals surface area contributed by atoms with E-state index in [1.807, 2.05) is 67.6 Å². The van der Waals surface area contributed by atoms with Gasteiger partial charge >= 0.3 is 0 Å². The van der Waals surface area contributed by atoms with Crippen molar-refractivity contribution in [1.29, 1.82) is 0 Å². The number of carbonyl (C=O) groups is 2. The Morgan fingerprint density at radius 1 is 0.608 bits per heavy atom. The molecule has 20 heteroatoms. The number of hydrogen-bond acceptors (Lipinski definition) is 13.